The molecule has 0 saturated carbocycles. The van der Waals surface area contributed by atoms with E-state index in [-0.39, 0.29) is 23.3 Å². The van der Waals surface area contributed by atoms with Crippen LogP contribution in [0.1, 0.15) is 47.4 Å². The largest absolute Gasteiger partial charge is 0.396 e. The van der Waals surface area contributed by atoms with Gasteiger partial charge in [0.2, 0.25) is 10.0 Å². The number of aryl methyl sites for hydroxylation is 1. The molecule has 1 aliphatic rings. The summed E-state index contributed by atoms with van der Waals surface area (Å²) in [6.45, 7) is 5.18. The van der Waals surface area contributed by atoms with Crippen LogP contribution in [0.2, 0.25) is 0 Å². The third-order valence-electron chi connectivity index (χ3n) is 5.71. The third-order valence-corrected chi connectivity index (χ3v) is 6.64. The van der Waals surface area contributed by atoms with Gasteiger partial charge in [0.1, 0.15) is 0 Å². The Morgan fingerprint density at radius 2 is 1.90 bits per heavy atom. The van der Waals surface area contributed by atoms with Crippen molar-refractivity contribution < 1.29 is 18.3 Å². The van der Waals surface area contributed by atoms with Gasteiger partial charge in [-0.2, -0.15) is 0 Å². The molecular formula is C21H29N3O4S. The maximum absolute atomic E-state index is 13.1. The predicted octanol–water partition coefficient (Wildman–Crippen LogP) is 2.16. The van der Waals surface area contributed by atoms with Crippen molar-refractivity contribution in [2.24, 2.45) is 5.14 Å². The molecule has 0 amide bonds. The zero-order chi connectivity index (χ0) is 21.2. The number of likely N-dealkylation sites (tertiary alicyclic amines) is 1. The number of carbonyl (C=O) groups is 1. The number of nitrogens with two attached hydrogens (primary N) is 1. The SMILES string of the molecule is Cc1cc(C(=O)CN2CCCCC2CCO)c(C)n1-c1ccc(S(N)(=O)=O)cc1. The number of nitrogens with zero attached hydrogens (tertiary/aromatic N) is 2. The normalized spacial score (nSPS) is 18.1. The number of carbonyl (C=O) groups excluding carboxylic acids is 1. The van der Waals surface area contributed by atoms with Gasteiger partial charge in [-0.05, 0) is 70.0 Å². The first kappa shape index (κ1) is 21.7. The van der Waals surface area contributed by atoms with Gasteiger partial charge in [0, 0.05) is 35.3 Å². The molecule has 8 heteroatoms. The Kier molecular flexibility index (Phi) is 6.58. The highest BCUT2D eigenvalue weighted by Gasteiger charge is 2.26. The summed E-state index contributed by atoms with van der Waals surface area (Å²) in [5.41, 5.74) is 3.18. The van der Waals surface area contributed by atoms with Gasteiger partial charge in [0.25, 0.3) is 0 Å². The van der Waals surface area contributed by atoms with Crippen LogP contribution in [0.5, 0.6) is 0 Å². The number of sulfonamides is 1. The second-order valence-corrected chi connectivity index (χ2v) is 9.28. The second-order valence-electron chi connectivity index (χ2n) is 7.71. The Labute approximate surface area is 172 Å². The second kappa shape index (κ2) is 8.79. The predicted molar refractivity (Wildman–Crippen MR) is 112 cm³/mol. The van der Waals surface area contributed by atoms with Crippen LogP contribution in [0.4, 0.5) is 0 Å². The molecule has 0 spiro atoms. The topological polar surface area (TPSA) is 106 Å². The van der Waals surface area contributed by atoms with Gasteiger partial charge in [-0.3, -0.25) is 9.69 Å². The van der Waals surface area contributed by atoms with Gasteiger partial charge in [-0.1, -0.05) is 6.42 Å². The van der Waals surface area contributed by atoms with Crippen LogP contribution < -0.4 is 5.14 Å². The van der Waals surface area contributed by atoms with Crippen molar-refractivity contribution >= 4 is 15.8 Å². The fraction of sp³-hybridized carbons (Fsp3) is 0.476. The minimum Gasteiger partial charge on any atom is -0.396 e. The molecule has 1 atom stereocenters. The van der Waals surface area contributed by atoms with Crippen molar-refractivity contribution in [2.75, 3.05) is 19.7 Å². The Morgan fingerprint density at radius 3 is 2.52 bits per heavy atom. The number of piperidine rings is 1. The molecule has 0 aliphatic carbocycles. The third kappa shape index (κ3) is 4.78. The number of benzene rings is 1. The molecule has 3 N–H and O–H groups in total. The quantitative estimate of drug-likeness (QED) is 0.669. The van der Waals surface area contributed by atoms with Crippen LogP contribution in [0.25, 0.3) is 5.69 Å². The van der Waals surface area contributed by atoms with Gasteiger partial charge in [0.05, 0.1) is 11.4 Å². The molecule has 29 heavy (non-hydrogen) atoms. The van der Waals surface area contributed by atoms with Crippen molar-refractivity contribution in [2.45, 2.75) is 50.5 Å². The standard InChI is InChI=1S/C21H29N3O4S/c1-15-13-20(21(26)14-23-11-4-3-5-17(23)10-12-25)16(2)24(15)18-6-8-19(9-7-18)29(22,27)28/h6-9,13,17,25H,3-5,10-12,14H2,1-2H3,(H2,22,27,28). The first-order chi connectivity index (χ1) is 13.7. The van der Waals surface area contributed by atoms with E-state index < -0.39 is 10.0 Å². The summed E-state index contributed by atoms with van der Waals surface area (Å²) in [6.07, 6.45) is 3.93. The van der Waals surface area contributed by atoms with Crippen molar-refractivity contribution in [3.63, 3.8) is 0 Å². The Balaban J connectivity index is 1.84. The van der Waals surface area contributed by atoms with Crippen molar-refractivity contribution in [3.05, 3.63) is 47.3 Å². The van der Waals surface area contributed by atoms with Crippen LogP contribution in [-0.2, 0) is 10.0 Å². The number of primary sulfonamides is 1. The van der Waals surface area contributed by atoms with Crippen molar-refractivity contribution in [3.8, 4) is 5.69 Å². The van der Waals surface area contributed by atoms with Crippen molar-refractivity contribution in [1.82, 2.24) is 9.47 Å². The van der Waals surface area contributed by atoms with Crippen LogP contribution in [0.3, 0.4) is 0 Å². The highest BCUT2D eigenvalue weighted by atomic mass is 32.2. The van der Waals surface area contributed by atoms with E-state index in [4.69, 9.17) is 5.14 Å². The van der Waals surface area contributed by atoms with E-state index >= 15 is 0 Å². The smallest absolute Gasteiger partial charge is 0.238 e. The van der Waals surface area contributed by atoms with E-state index in [9.17, 15) is 18.3 Å². The van der Waals surface area contributed by atoms with E-state index in [0.29, 0.717) is 18.5 Å². The van der Waals surface area contributed by atoms with Gasteiger partial charge >= 0.3 is 0 Å². The molecule has 2 heterocycles. The summed E-state index contributed by atoms with van der Waals surface area (Å²) >= 11 is 0. The summed E-state index contributed by atoms with van der Waals surface area (Å²) < 4.78 is 24.9. The summed E-state index contributed by atoms with van der Waals surface area (Å²) in [7, 11) is -3.74. The fourth-order valence-corrected chi connectivity index (χ4v) is 4.76. The molecule has 1 unspecified atom stereocenters. The first-order valence-corrected chi connectivity index (χ1v) is 11.5. The van der Waals surface area contributed by atoms with Crippen LogP contribution >= 0.6 is 0 Å². The monoisotopic (exact) mass is 419 g/mol. The average Bonchev–Trinajstić information content (AvgIpc) is 2.97. The molecule has 1 fully saturated rings. The molecule has 1 aromatic carbocycles. The lowest BCUT2D eigenvalue weighted by atomic mass is 9.98. The minimum atomic E-state index is -3.74. The van der Waals surface area contributed by atoms with Crippen LogP contribution in [0, 0.1) is 13.8 Å². The van der Waals surface area contributed by atoms with Crippen molar-refractivity contribution in [1.29, 1.82) is 0 Å². The highest BCUT2D eigenvalue weighted by molar-refractivity contribution is 7.89. The van der Waals surface area contributed by atoms with Gasteiger partial charge in [-0.15, -0.1) is 0 Å². The summed E-state index contributed by atoms with van der Waals surface area (Å²) in [4.78, 5) is 15.3. The number of hydrogen-bond acceptors (Lipinski definition) is 5. The maximum atomic E-state index is 13.1. The molecule has 1 aliphatic heterocycles. The number of rotatable bonds is 7. The number of Topliss-reactive ketones (excluding diaryl/α,β-unsaturated/α-hetero) is 1. The highest BCUT2D eigenvalue weighted by Crippen LogP contribution is 2.24. The Bertz CT molecular complexity index is 978. The van der Waals surface area contributed by atoms with E-state index in [0.717, 1.165) is 42.9 Å². The number of aromatic nitrogens is 1. The molecule has 1 saturated heterocycles. The number of aliphatic hydroxyl groups is 1. The Hall–Kier alpha value is -2.00. The lowest BCUT2D eigenvalue weighted by Crippen LogP contribution is -2.43. The zero-order valence-electron chi connectivity index (χ0n) is 17.0. The molecule has 1 aromatic heterocycles. The maximum Gasteiger partial charge on any atom is 0.238 e. The van der Waals surface area contributed by atoms with Crippen LogP contribution in [0.15, 0.2) is 35.2 Å². The Morgan fingerprint density at radius 1 is 1.21 bits per heavy atom. The molecule has 7 nitrogen and oxygen atoms in total. The van der Waals surface area contributed by atoms with E-state index in [2.05, 4.69) is 4.90 Å². The zero-order valence-corrected chi connectivity index (χ0v) is 17.8. The first-order valence-electron chi connectivity index (χ1n) is 9.92. The lowest BCUT2D eigenvalue weighted by Gasteiger charge is -2.34. The van der Waals surface area contributed by atoms with E-state index in [1.807, 2.05) is 24.5 Å². The van der Waals surface area contributed by atoms with Gasteiger partial charge in [-0.25, -0.2) is 13.6 Å². The molecule has 0 radical (unpaired) electrons. The van der Waals surface area contributed by atoms with Gasteiger partial charge in [0.15, 0.2) is 5.78 Å². The minimum absolute atomic E-state index is 0.0556. The summed E-state index contributed by atoms with van der Waals surface area (Å²) in [5.74, 6) is 0.0651. The van der Waals surface area contributed by atoms with E-state index in [1.54, 1.807) is 12.1 Å². The molecule has 0 bridgehead atoms. The molecule has 2 aromatic rings. The number of hydrogen-bond donors (Lipinski definition) is 2. The molecular weight excluding hydrogens is 390 g/mol. The lowest BCUT2D eigenvalue weighted by molar-refractivity contribution is 0.0798. The summed E-state index contributed by atoms with van der Waals surface area (Å²) in [5, 5.41) is 14.5. The number of ketones is 1. The number of aliphatic hydroxyl groups excluding tert-OH is 1. The van der Waals surface area contributed by atoms with Gasteiger partial charge < -0.3 is 9.67 Å². The molecule has 158 valence electrons. The van der Waals surface area contributed by atoms with E-state index in [1.165, 1.54) is 12.1 Å². The molecule has 3 rings (SSSR count). The average molecular weight is 420 g/mol. The fourth-order valence-electron chi connectivity index (χ4n) is 4.24. The van der Waals surface area contributed by atoms with Crippen LogP contribution in [-0.4, -0.2) is 54.5 Å². The summed E-state index contributed by atoms with van der Waals surface area (Å²) in [6, 6.07) is 8.46.